The maximum atomic E-state index is 13.7. The van der Waals surface area contributed by atoms with Crippen LogP contribution < -0.4 is 4.90 Å². The molecule has 1 aromatic carbocycles. The molecule has 1 fully saturated rings. The third-order valence-electron chi connectivity index (χ3n) is 3.40. The van der Waals surface area contributed by atoms with E-state index in [0.717, 1.165) is 12.8 Å². The summed E-state index contributed by atoms with van der Waals surface area (Å²) in [7, 11) is 1.71. The molecule has 0 unspecified atom stereocenters. The van der Waals surface area contributed by atoms with Gasteiger partial charge in [-0.05, 0) is 36.5 Å². The summed E-state index contributed by atoms with van der Waals surface area (Å²) in [5, 5.41) is 8.86. The van der Waals surface area contributed by atoms with Gasteiger partial charge in [0.05, 0.1) is 6.61 Å². The monoisotopic (exact) mass is 241 g/mol. The third kappa shape index (κ3) is 2.57. The fraction of sp³-hybridized carbons (Fsp3) is 0.538. The van der Waals surface area contributed by atoms with E-state index < -0.39 is 11.6 Å². The van der Waals surface area contributed by atoms with Gasteiger partial charge in [-0.3, -0.25) is 0 Å². The quantitative estimate of drug-likeness (QED) is 0.876. The number of aliphatic hydroxyl groups excluding tert-OH is 1. The molecule has 0 amide bonds. The first-order valence-electron chi connectivity index (χ1n) is 5.91. The van der Waals surface area contributed by atoms with Crippen LogP contribution in [0.5, 0.6) is 0 Å². The molecule has 1 saturated carbocycles. The van der Waals surface area contributed by atoms with Gasteiger partial charge in [0.15, 0.2) is 0 Å². The Bertz CT molecular complexity index is 381. The summed E-state index contributed by atoms with van der Waals surface area (Å²) in [6, 6.07) is 2.38. The minimum atomic E-state index is -0.601. The molecule has 17 heavy (non-hydrogen) atoms. The minimum Gasteiger partial charge on any atom is -0.392 e. The molecule has 2 rings (SSSR count). The highest BCUT2D eigenvalue weighted by atomic mass is 19.1. The number of hydrogen-bond donors (Lipinski definition) is 1. The molecular weight excluding hydrogens is 224 g/mol. The highest BCUT2D eigenvalue weighted by Gasteiger charge is 2.22. The van der Waals surface area contributed by atoms with Crippen LogP contribution in [-0.2, 0) is 6.61 Å². The predicted molar refractivity (Wildman–Crippen MR) is 62.9 cm³/mol. The second-order valence-electron chi connectivity index (χ2n) is 4.74. The summed E-state index contributed by atoms with van der Waals surface area (Å²) in [5.41, 5.74) is 0.273. The van der Waals surface area contributed by atoms with Gasteiger partial charge in [0.2, 0.25) is 0 Å². The lowest BCUT2D eigenvalue weighted by atomic mass is 9.85. The molecule has 94 valence electrons. The van der Waals surface area contributed by atoms with E-state index in [1.54, 1.807) is 11.9 Å². The number of anilines is 1. The zero-order valence-electron chi connectivity index (χ0n) is 9.92. The summed E-state index contributed by atoms with van der Waals surface area (Å²) in [5.74, 6) is -0.650. The van der Waals surface area contributed by atoms with E-state index in [9.17, 15) is 8.78 Å². The molecule has 1 aromatic rings. The average molecular weight is 241 g/mol. The first kappa shape index (κ1) is 12.3. The molecule has 0 aliphatic heterocycles. The van der Waals surface area contributed by atoms with Crippen molar-refractivity contribution in [2.24, 2.45) is 5.92 Å². The van der Waals surface area contributed by atoms with Crippen LogP contribution in [0.3, 0.4) is 0 Å². The zero-order chi connectivity index (χ0) is 12.4. The summed E-state index contributed by atoms with van der Waals surface area (Å²) >= 11 is 0. The summed E-state index contributed by atoms with van der Waals surface area (Å²) in [6.45, 7) is 0.340. The maximum Gasteiger partial charge on any atom is 0.149 e. The van der Waals surface area contributed by atoms with Crippen molar-refractivity contribution < 1.29 is 13.9 Å². The van der Waals surface area contributed by atoms with Crippen LogP contribution in [0.4, 0.5) is 14.5 Å². The van der Waals surface area contributed by atoms with Crippen molar-refractivity contribution in [2.45, 2.75) is 25.9 Å². The SMILES string of the molecule is CN(CC1CCC1)c1c(F)cc(CO)cc1F. The summed E-state index contributed by atoms with van der Waals surface area (Å²) in [6.07, 6.45) is 3.50. The van der Waals surface area contributed by atoms with Crippen LogP contribution in [0.15, 0.2) is 12.1 Å². The van der Waals surface area contributed by atoms with Crippen LogP contribution in [0.2, 0.25) is 0 Å². The van der Waals surface area contributed by atoms with Crippen molar-refractivity contribution >= 4 is 5.69 Å². The number of rotatable bonds is 4. The van der Waals surface area contributed by atoms with Crippen LogP contribution >= 0.6 is 0 Å². The van der Waals surface area contributed by atoms with E-state index in [2.05, 4.69) is 0 Å². The second-order valence-corrected chi connectivity index (χ2v) is 4.74. The van der Waals surface area contributed by atoms with E-state index in [1.807, 2.05) is 0 Å². The van der Waals surface area contributed by atoms with Gasteiger partial charge in [-0.25, -0.2) is 8.78 Å². The number of benzene rings is 1. The summed E-state index contributed by atoms with van der Waals surface area (Å²) in [4.78, 5) is 1.63. The molecule has 0 atom stereocenters. The van der Waals surface area contributed by atoms with Crippen molar-refractivity contribution in [1.82, 2.24) is 0 Å². The molecule has 1 N–H and O–H groups in total. The lowest BCUT2D eigenvalue weighted by Crippen LogP contribution is -2.30. The van der Waals surface area contributed by atoms with Gasteiger partial charge in [0.25, 0.3) is 0 Å². The number of halogens is 2. The van der Waals surface area contributed by atoms with Gasteiger partial charge >= 0.3 is 0 Å². The van der Waals surface area contributed by atoms with Crippen molar-refractivity contribution in [3.05, 3.63) is 29.3 Å². The normalized spacial score (nSPS) is 15.8. The van der Waals surface area contributed by atoms with E-state index in [-0.39, 0.29) is 17.9 Å². The van der Waals surface area contributed by atoms with Gasteiger partial charge in [-0.1, -0.05) is 6.42 Å². The van der Waals surface area contributed by atoms with Crippen molar-refractivity contribution in [1.29, 1.82) is 0 Å². The van der Waals surface area contributed by atoms with Gasteiger partial charge in [0.1, 0.15) is 17.3 Å². The molecule has 1 aliphatic carbocycles. The van der Waals surface area contributed by atoms with Crippen molar-refractivity contribution in [3.8, 4) is 0 Å². The smallest absolute Gasteiger partial charge is 0.149 e. The Kier molecular flexibility index (Phi) is 3.62. The van der Waals surface area contributed by atoms with E-state index >= 15 is 0 Å². The van der Waals surface area contributed by atoms with Crippen LogP contribution in [0.25, 0.3) is 0 Å². The molecule has 0 heterocycles. The number of aliphatic hydroxyl groups is 1. The Labute approximate surface area is 99.9 Å². The Hall–Kier alpha value is -1.16. The lowest BCUT2D eigenvalue weighted by molar-refractivity contribution is 0.280. The van der Waals surface area contributed by atoms with Crippen molar-refractivity contribution in [3.63, 3.8) is 0 Å². The fourth-order valence-corrected chi connectivity index (χ4v) is 2.23. The van der Waals surface area contributed by atoms with Crippen LogP contribution in [-0.4, -0.2) is 18.7 Å². The Morgan fingerprint density at radius 3 is 2.29 bits per heavy atom. The van der Waals surface area contributed by atoms with Gasteiger partial charge in [0, 0.05) is 13.6 Å². The minimum absolute atomic E-state index is 0.00843. The molecule has 4 heteroatoms. The molecule has 0 bridgehead atoms. The molecule has 0 saturated heterocycles. The molecule has 0 radical (unpaired) electrons. The molecular formula is C13H17F2NO. The van der Waals surface area contributed by atoms with E-state index in [4.69, 9.17) is 5.11 Å². The van der Waals surface area contributed by atoms with Gasteiger partial charge in [-0.2, -0.15) is 0 Å². The Morgan fingerprint density at radius 2 is 1.88 bits per heavy atom. The second kappa shape index (κ2) is 5.00. The fourth-order valence-electron chi connectivity index (χ4n) is 2.23. The highest BCUT2D eigenvalue weighted by molar-refractivity contribution is 5.50. The topological polar surface area (TPSA) is 23.5 Å². The Balaban J connectivity index is 2.18. The highest BCUT2D eigenvalue weighted by Crippen LogP contribution is 2.30. The molecule has 0 spiro atoms. The predicted octanol–water partition coefficient (Wildman–Crippen LogP) is 2.69. The van der Waals surface area contributed by atoms with Gasteiger partial charge in [-0.15, -0.1) is 0 Å². The molecule has 0 aromatic heterocycles. The zero-order valence-corrected chi connectivity index (χ0v) is 9.92. The molecule has 2 nitrogen and oxygen atoms in total. The first-order chi connectivity index (χ1) is 8.11. The lowest BCUT2D eigenvalue weighted by Gasteiger charge is -2.31. The largest absolute Gasteiger partial charge is 0.392 e. The van der Waals surface area contributed by atoms with E-state index in [1.165, 1.54) is 18.6 Å². The van der Waals surface area contributed by atoms with Gasteiger partial charge < -0.3 is 10.0 Å². The number of nitrogens with zero attached hydrogens (tertiary/aromatic N) is 1. The standard InChI is InChI=1S/C13H17F2NO/c1-16(7-9-3-2-4-9)13-11(14)5-10(8-17)6-12(13)15/h5-6,9,17H,2-4,7-8H2,1H3. The first-order valence-corrected chi connectivity index (χ1v) is 5.91. The maximum absolute atomic E-state index is 13.7. The van der Waals surface area contributed by atoms with Crippen LogP contribution in [0.1, 0.15) is 24.8 Å². The van der Waals surface area contributed by atoms with E-state index in [0.29, 0.717) is 12.5 Å². The number of hydrogen-bond acceptors (Lipinski definition) is 2. The van der Waals surface area contributed by atoms with Crippen molar-refractivity contribution in [2.75, 3.05) is 18.5 Å². The Morgan fingerprint density at radius 1 is 1.29 bits per heavy atom. The van der Waals surface area contributed by atoms with Crippen LogP contribution in [0, 0.1) is 17.6 Å². The summed E-state index contributed by atoms with van der Waals surface area (Å²) < 4.78 is 27.5. The third-order valence-corrected chi connectivity index (χ3v) is 3.40. The average Bonchev–Trinajstić information content (AvgIpc) is 2.22. The molecule has 1 aliphatic rings.